The van der Waals surface area contributed by atoms with Crippen LogP contribution in [0.25, 0.3) is 21.7 Å². The highest BCUT2D eigenvalue weighted by Crippen LogP contribution is 2.38. The van der Waals surface area contributed by atoms with Gasteiger partial charge in [-0.25, -0.2) is 13.4 Å². The van der Waals surface area contributed by atoms with Gasteiger partial charge in [-0.15, -0.1) is 11.3 Å². The maximum Gasteiger partial charge on any atom is 0.282 e. The molecule has 0 spiro atoms. The van der Waals surface area contributed by atoms with Crippen LogP contribution in [0.1, 0.15) is 9.80 Å². The number of methoxy groups -OCH3 is 2. The molecule has 2 aromatic carbocycles. The van der Waals surface area contributed by atoms with Crippen molar-refractivity contribution in [2.24, 2.45) is 0 Å². The van der Waals surface area contributed by atoms with E-state index >= 15 is 0 Å². The topological polar surface area (TPSA) is 85.8 Å². The molecule has 0 radical (unpaired) electrons. The Morgan fingerprint density at radius 1 is 0.903 bits per heavy atom. The minimum atomic E-state index is -3.07. The number of carbonyl (C=O) groups excluding carboxylic acids is 1. The first-order chi connectivity index (χ1) is 14.9. The molecular formula is C22H22N2O5S2. The monoisotopic (exact) mass is 458 g/mol. The van der Waals surface area contributed by atoms with Crippen LogP contribution < -0.4 is 9.47 Å². The molecular weight excluding hydrogens is 436 g/mol. The van der Waals surface area contributed by atoms with E-state index in [4.69, 9.17) is 9.47 Å². The lowest BCUT2D eigenvalue weighted by atomic mass is 10.1. The molecule has 0 saturated carbocycles. The standard InChI is InChI=1S/C22H22N2O5S2/c1-28-17-7-3-15(4-8-17)19-20(16-5-9-18(29-2)10-6-16)30-21(23-19)22(25)24-11-13-31(26,27)14-12-24/h3-10H,11-14H2,1-2H3. The van der Waals surface area contributed by atoms with Crippen LogP contribution in [0.3, 0.4) is 0 Å². The van der Waals surface area contributed by atoms with Crippen molar-refractivity contribution in [3.05, 3.63) is 53.5 Å². The SMILES string of the molecule is COc1ccc(-c2nc(C(=O)N3CCS(=O)(=O)CC3)sc2-c2ccc(OC)cc2)cc1. The summed E-state index contributed by atoms with van der Waals surface area (Å²) >= 11 is 1.31. The van der Waals surface area contributed by atoms with E-state index in [2.05, 4.69) is 4.98 Å². The molecule has 1 amide bonds. The Balaban J connectivity index is 1.73. The molecule has 31 heavy (non-hydrogen) atoms. The van der Waals surface area contributed by atoms with E-state index in [1.807, 2.05) is 48.5 Å². The average molecular weight is 459 g/mol. The van der Waals surface area contributed by atoms with Gasteiger partial charge in [0.15, 0.2) is 14.8 Å². The lowest BCUT2D eigenvalue weighted by Gasteiger charge is -2.25. The summed E-state index contributed by atoms with van der Waals surface area (Å²) in [6.07, 6.45) is 0. The number of aromatic nitrogens is 1. The average Bonchev–Trinajstić information content (AvgIpc) is 3.24. The molecule has 1 aliphatic rings. The molecule has 0 bridgehead atoms. The van der Waals surface area contributed by atoms with E-state index in [-0.39, 0.29) is 30.5 Å². The minimum absolute atomic E-state index is 0.0131. The summed E-state index contributed by atoms with van der Waals surface area (Å²) in [7, 11) is 0.150. The van der Waals surface area contributed by atoms with Crippen molar-refractivity contribution >= 4 is 27.1 Å². The molecule has 0 atom stereocenters. The number of hydrogen-bond donors (Lipinski definition) is 0. The zero-order valence-electron chi connectivity index (χ0n) is 17.2. The zero-order chi connectivity index (χ0) is 22.0. The summed E-state index contributed by atoms with van der Waals surface area (Å²) in [5.74, 6) is 1.21. The number of ether oxygens (including phenoxy) is 2. The van der Waals surface area contributed by atoms with Gasteiger partial charge in [0.25, 0.3) is 5.91 Å². The molecule has 1 saturated heterocycles. The van der Waals surface area contributed by atoms with Crippen molar-refractivity contribution in [3.63, 3.8) is 0 Å². The molecule has 3 aromatic rings. The third kappa shape index (κ3) is 4.57. The van der Waals surface area contributed by atoms with Gasteiger partial charge in [-0.3, -0.25) is 4.79 Å². The Morgan fingerprint density at radius 3 is 1.94 bits per heavy atom. The van der Waals surface area contributed by atoms with E-state index in [0.717, 1.165) is 27.5 Å². The number of benzene rings is 2. The van der Waals surface area contributed by atoms with Crippen LogP contribution in [-0.4, -0.2) is 63.0 Å². The van der Waals surface area contributed by atoms with Gasteiger partial charge in [0.05, 0.1) is 36.3 Å². The highest BCUT2D eigenvalue weighted by Gasteiger charge is 2.28. The summed E-state index contributed by atoms with van der Waals surface area (Å²) in [4.78, 5) is 20.2. The van der Waals surface area contributed by atoms with Crippen molar-refractivity contribution < 1.29 is 22.7 Å². The smallest absolute Gasteiger partial charge is 0.282 e. The first kappa shape index (κ1) is 21.3. The summed E-state index contributed by atoms with van der Waals surface area (Å²) in [5.41, 5.74) is 2.48. The second-order valence-electron chi connectivity index (χ2n) is 7.10. The van der Waals surface area contributed by atoms with E-state index in [9.17, 15) is 13.2 Å². The molecule has 1 aromatic heterocycles. The Hall–Kier alpha value is -2.91. The lowest BCUT2D eigenvalue weighted by Crippen LogP contribution is -2.43. The summed E-state index contributed by atoms with van der Waals surface area (Å²) < 4.78 is 33.9. The maximum absolute atomic E-state index is 13.1. The quantitative estimate of drug-likeness (QED) is 0.583. The van der Waals surface area contributed by atoms with Crippen LogP contribution in [0.2, 0.25) is 0 Å². The minimum Gasteiger partial charge on any atom is -0.497 e. The number of hydrogen-bond acceptors (Lipinski definition) is 7. The Morgan fingerprint density at radius 2 is 1.42 bits per heavy atom. The third-order valence-corrected chi connectivity index (χ3v) is 7.86. The van der Waals surface area contributed by atoms with E-state index < -0.39 is 9.84 Å². The van der Waals surface area contributed by atoms with Gasteiger partial charge in [0.2, 0.25) is 0 Å². The van der Waals surface area contributed by atoms with Gasteiger partial charge in [-0.05, 0) is 54.1 Å². The van der Waals surface area contributed by atoms with E-state index in [1.165, 1.54) is 11.3 Å². The van der Waals surface area contributed by atoms with Crippen molar-refractivity contribution in [2.45, 2.75) is 0 Å². The molecule has 162 valence electrons. The Kier molecular flexibility index (Phi) is 5.97. The van der Waals surface area contributed by atoms with E-state index in [0.29, 0.717) is 10.7 Å². The number of nitrogens with zero attached hydrogens (tertiary/aromatic N) is 2. The van der Waals surface area contributed by atoms with Gasteiger partial charge in [0, 0.05) is 18.7 Å². The van der Waals surface area contributed by atoms with Gasteiger partial charge < -0.3 is 14.4 Å². The molecule has 1 fully saturated rings. The largest absolute Gasteiger partial charge is 0.497 e. The number of thiazole rings is 1. The van der Waals surface area contributed by atoms with Gasteiger partial charge in [-0.2, -0.15) is 0 Å². The van der Waals surface area contributed by atoms with E-state index in [1.54, 1.807) is 19.1 Å². The number of amides is 1. The molecule has 0 aliphatic carbocycles. The second kappa shape index (κ2) is 8.68. The second-order valence-corrected chi connectivity index (χ2v) is 10.4. The lowest BCUT2D eigenvalue weighted by molar-refractivity contribution is 0.0770. The molecule has 4 rings (SSSR count). The highest BCUT2D eigenvalue weighted by molar-refractivity contribution is 7.91. The predicted octanol–water partition coefficient (Wildman–Crippen LogP) is 3.36. The van der Waals surface area contributed by atoms with Crippen molar-refractivity contribution in [1.82, 2.24) is 9.88 Å². The van der Waals surface area contributed by atoms with Crippen LogP contribution in [0.15, 0.2) is 48.5 Å². The number of carbonyl (C=O) groups is 1. The van der Waals surface area contributed by atoms with Crippen molar-refractivity contribution in [3.8, 4) is 33.2 Å². The van der Waals surface area contributed by atoms with Crippen LogP contribution >= 0.6 is 11.3 Å². The Bertz CT molecular complexity index is 1110. The third-order valence-electron chi connectivity index (χ3n) is 5.16. The fourth-order valence-corrected chi connectivity index (χ4v) is 5.61. The molecule has 2 heterocycles. The normalized spacial score (nSPS) is 15.5. The summed E-state index contributed by atoms with van der Waals surface area (Å²) in [6.45, 7) is 0.382. The van der Waals surface area contributed by atoms with Crippen molar-refractivity contribution in [1.29, 1.82) is 0 Å². The first-order valence-corrected chi connectivity index (χ1v) is 12.3. The molecule has 7 nitrogen and oxygen atoms in total. The number of sulfone groups is 1. The van der Waals surface area contributed by atoms with Crippen LogP contribution in [-0.2, 0) is 9.84 Å². The summed E-state index contributed by atoms with van der Waals surface area (Å²) in [6, 6.07) is 15.1. The van der Waals surface area contributed by atoms with Crippen molar-refractivity contribution in [2.75, 3.05) is 38.8 Å². The zero-order valence-corrected chi connectivity index (χ0v) is 18.8. The molecule has 9 heteroatoms. The molecule has 0 N–H and O–H groups in total. The van der Waals surface area contributed by atoms with Gasteiger partial charge >= 0.3 is 0 Å². The van der Waals surface area contributed by atoms with Crippen LogP contribution in [0.4, 0.5) is 0 Å². The van der Waals surface area contributed by atoms with Crippen LogP contribution in [0.5, 0.6) is 11.5 Å². The molecule has 1 aliphatic heterocycles. The summed E-state index contributed by atoms with van der Waals surface area (Å²) in [5, 5.41) is 0.343. The Labute approximate surface area is 185 Å². The fraction of sp³-hybridized carbons (Fsp3) is 0.273. The van der Waals surface area contributed by atoms with Gasteiger partial charge in [-0.1, -0.05) is 0 Å². The fourth-order valence-electron chi connectivity index (χ4n) is 3.34. The van der Waals surface area contributed by atoms with Crippen LogP contribution in [0, 0.1) is 0 Å². The first-order valence-electron chi connectivity index (χ1n) is 9.69. The predicted molar refractivity (Wildman–Crippen MR) is 121 cm³/mol. The molecule has 0 unspecified atom stereocenters. The maximum atomic E-state index is 13.1. The number of rotatable bonds is 5. The van der Waals surface area contributed by atoms with Gasteiger partial charge in [0.1, 0.15) is 11.5 Å². The highest BCUT2D eigenvalue weighted by atomic mass is 32.2.